The predicted molar refractivity (Wildman–Crippen MR) is 81.7 cm³/mol. The molecule has 0 aromatic carbocycles. The third-order valence-electron chi connectivity index (χ3n) is 3.10. The number of ether oxygens (including phenoxy) is 1. The Kier molecular flexibility index (Phi) is 6.07. The minimum Gasteiger partial charge on any atom is -0.467 e. The van der Waals surface area contributed by atoms with Gasteiger partial charge in [0.1, 0.15) is 12.1 Å². The van der Waals surface area contributed by atoms with E-state index in [9.17, 15) is 14.4 Å². The average molecular weight is 316 g/mol. The quantitative estimate of drug-likeness (QED) is 0.783. The average Bonchev–Trinajstić information content (AvgIpc) is 2.84. The van der Waals surface area contributed by atoms with Crippen molar-refractivity contribution in [3.8, 4) is 0 Å². The Morgan fingerprint density at radius 1 is 1.38 bits per heavy atom. The Hall–Kier alpha value is -1.24. The molecule has 6 nitrogen and oxygen atoms in total. The normalized spacial score (nSPS) is 20.0. The van der Waals surface area contributed by atoms with Gasteiger partial charge in [0.05, 0.1) is 13.0 Å². The van der Waals surface area contributed by atoms with Crippen molar-refractivity contribution in [2.45, 2.75) is 46.2 Å². The summed E-state index contributed by atoms with van der Waals surface area (Å²) >= 11 is 1.54. The molecule has 1 heterocycles. The molecule has 2 atom stereocenters. The lowest BCUT2D eigenvalue weighted by Crippen LogP contribution is -2.51. The molecule has 120 valence electrons. The number of nitrogens with zero attached hydrogens (tertiary/aromatic N) is 1. The first-order chi connectivity index (χ1) is 9.65. The van der Waals surface area contributed by atoms with Gasteiger partial charge in [-0.2, -0.15) is 0 Å². The van der Waals surface area contributed by atoms with Crippen LogP contribution in [0.1, 0.15) is 34.1 Å². The first-order valence-corrected chi connectivity index (χ1v) is 8.06. The minimum absolute atomic E-state index is 0.0293. The van der Waals surface area contributed by atoms with E-state index < -0.39 is 18.1 Å². The van der Waals surface area contributed by atoms with Crippen molar-refractivity contribution in [2.24, 2.45) is 5.41 Å². The highest BCUT2D eigenvalue weighted by Gasteiger charge is 2.36. The van der Waals surface area contributed by atoms with Crippen molar-refractivity contribution in [2.75, 3.05) is 18.7 Å². The number of hydrogen-bond donors (Lipinski definition) is 1. The summed E-state index contributed by atoms with van der Waals surface area (Å²) < 4.78 is 4.58. The third-order valence-corrected chi connectivity index (χ3v) is 4.11. The van der Waals surface area contributed by atoms with Gasteiger partial charge in [-0.05, 0) is 12.3 Å². The van der Waals surface area contributed by atoms with E-state index in [1.165, 1.54) is 7.11 Å². The lowest BCUT2D eigenvalue weighted by atomic mass is 9.91. The number of carbonyl (C=O) groups excluding carboxylic acids is 3. The van der Waals surface area contributed by atoms with Crippen LogP contribution in [0.3, 0.4) is 0 Å². The summed E-state index contributed by atoms with van der Waals surface area (Å²) in [6.07, 6.45) is 0.393. The molecule has 1 aliphatic heterocycles. The fourth-order valence-corrected chi connectivity index (χ4v) is 3.19. The lowest BCUT2D eigenvalue weighted by Gasteiger charge is -2.27. The minimum atomic E-state index is -0.715. The van der Waals surface area contributed by atoms with Crippen molar-refractivity contribution in [1.29, 1.82) is 0 Å². The van der Waals surface area contributed by atoms with Gasteiger partial charge in [-0.25, -0.2) is 4.79 Å². The van der Waals surface area contributed by atoms with Gasteiger partial charge in [0, 0.05) is 12.2 Å². The van der Waals surface area contributed by atoms with Gasteiger partial charge in [-0.3, -0.25) is 9.59 Å². The number of rotatable bonds is 4. The number of amides is 2. The van der Waals surface area contributed by atoms with E-state index in [0.717, 1.165) is 0 Å². The largest absolute Gasteiger partial charge is 0.467 e. The molecule has 0 aromatic heterocycles. The monoisotopic (exact) mass is 316 g/mol. The van der Waals surface area contributed by atoms with E-state index in [4.69, 9.17) is 0 Å². The first-order valence-electron chi connectivity index (χ1n) is 6.91. The van der Waals surface area contributed by atoms with Crippen LogP contribution in [0.15, 0.2) is 0 Å². The van der Waals surface area contributed by atoms with Crippen LogP contribution in [0.5, 0.6) is 0 Å². The zero-order valence-electron chi connectivity index (χ0n) is 13.3. The number of nitrogens with one attached hydrogen (secondary N) is 1. The molecule has 1 saturated heterocycles. The summed E-state index contributed by atoms with van der Waals surface area (Å²) in [6, 6.07) is -1.23. The fraction of sp³-hybridized carbons (Fsp3) is 0.786. The molecule has 0 spiro atoms. The molecule has 21 heavy (non-hydrogen) atoms. The summed E-state index contributed by atoms with van der Waals surface area (Å²) in [6.45, 7) is 7.53. The Bertz CT molecular complexity index is 420. The molecule has 0 bridgehead atoms. The molecule has 0 aromatic rings. The standard InChI is InChI=1S/C14H24N2O4S/c1-9(13(19)20-5)15-12(18)10-7-21-8-16(10)11(17)6-14(2,3)4/h9-10H,6-8H2,1-5H3,(H,15,18)/t9-,10?/m0/s1. The molecule has 7 heteroatoms. The zero-order valence-corrected chi connectivity index (χ0v) is 14.1. The van der Waals surface area contributed by atoms with Crippen LogP contribution in [0, 0.1) is 5.41 Å². The zero-order chi connectivity index (χ0) is 16.2. The van der Waals surface area contributed by atoms with Crippen molar-refractivity contribution >= 4 is 29.5 Å². The van der Waals surface area contributed by atoms with Crippen molar-refractivity contribution in [3.05, 3.63) is 0 Å². The second-order valence-electron chi connectivity index (χ2n) is 6.37. The first kappa shape index (κ1) is 17.8. The Morgan fingerprint density at radius 3 is 2.52 bits per heavy atom. The van der Waals surface area contributed by atoms with E-state index in [-0.39, 0.29) is 17.2 Å². The third kappa shape index (κ3) is 5.22. The van der Waals surface area contributed by atoms with Gasteiger partial charge in [-0.15, -0.1) is 11.8 Å². The molecular weight excluding hydrogens is 292 g/mol. The van der Waals surface area contributed by atoms with E-state index in [2.05, 4.69) is 10.1 Å². The lowest BCUT2D eigenvalue weighted by molar-refractivity contribution is -0.145. The maximum Gasteiger partial charge on any atom is 0.328 e. The SMILES string of the molecule is COC(=O)[C@H](C)NC(=O)C1CSCN1C(=O)CC(C)(C)C. The van der Waals surface area contributed by atoms with Crippen LogP contribution in [0.4, 0.5) is 0 Å². The van der Waals surface area contributed by atoms with Gasteiger partial charge in [0.2, 0.25) is 11.8 Å². The smallest absolute Gasteiger partial charge is 0.328 e. The number of carbonyl (C=O) groups is 3. The van der Waals surface area contributed by atoms with Gasteiger partial charge >= 0.3 is 5.97 Å². The molecule has 1 rings (SSSR count). The highest BCUT2D eigenvalue weighted by molar-refractivity contribution is 7.99. The Balaban J connectivity index is 2.66. The van der Waals surface area contributed by atoms with Crippen molar-refractivity contribution in [3.63, 3.8) is 0 Å². The van der Waals surface area contributed by atoms with E-state index in [1.54, 1.807) is 23.6 Å². The van der Waals surface area contributed by atoms with Gasteiger partial charge in [0.25, 0.3) is 0 Å². The molecule has 1 fully saturated rings. The van der Waals surface area contributed by atoms with Crippen LogP contribution in [-0.4, -0.2) is 53.5 Å². The molecule has 1 aliphatic rings. The Labute approximate surface area is 130 Å². The second kappa shape index (κ2) is 7.15. The number of thioether (sulfide) groups is 1. The summed E-state index contributed by atoms with van der Waals surface area (Å²) in [5.41, 5.74) is -0.120. The maximum atomic E-state index is 12.3. The van der Waals surface area contributed by atoms with E-state index >= 15 is 0 Å². The highest BCUT2D eigenvalue weighted by Crippen LogP contribution is 2.26. The van der Waals surface area contributed by atoms with Crippen molar-refractivity contribution in [1.82, 2.24) is 10.2 Å². The number of hydrogen-bond acceptors (Lipinski definition) is 5. The number of esters is 1. The molecule has 1 unspecified atom stereocenters. The topological polar surface area (TPSA) is 75.7 Å². The number of methoxy groups -OCH3 is 1. The van der Waals surface area contributed by atoms with Crippen LogP contribution in [0.2, 0.25) is 0 Å². The van der Waals surface area contributed by atoms with Gasteiger partial charge < -0.3 is 15.0 Å². The van der Waals surface area contributed by atoms with Crippen LogP contribution < -0.4 is 5.32 Å². The van der Waals surface area contributed by atoms with Crippen molar-refractivity contribution < 1.29 is 19.1 Å². The van der Waals surface area contributed by atoms with E-state index in [1.807, 2.05) is 20.8 Å². The summed E-state index contributed by atoms with van der Waals surface area (Å²) in [4.78, 5) is 37.5. The summed E-state index contributed by atoms with van der Waals surface area (Å²) in [5.74, 6) is 0.231. The summed E-state index contributed by atoms with van der Waals surface area (Å²) in [7, 11) is 1.27. The Morgan fingerprint density at radius 2 is 2.00 bits per heavy atom. The molecule has 0 saturated carbocycles. The maximum absolute atomic E-state index is 12.3. The fourth-order valence-electron chi connectivity index (χ4n) is 2.01. The highest BCUT2D eigenvalue weighted by atomic mass is 32.2. The molecule has 2 amide bonds. The van der Waals surface area contributed by atoms with Crippen LogP contribution in [0.25, 0.3) is 0 Å². The molecular formula is C14H24N2O4S. The predicted octanol–water partition coefficient (Wildman–Crippen LogP) is 1.00. The van der Waals surface area contributed by atoms with Crippen LogP contribution >= 0.6 is 11.8 Å². The van der Waals surface area contributed by atoms with Gasteiger partial charge in [0.15, 0.2) is 0 Å². The molecule has 0 aliphatic carbocycles. The second-order valence-corrected chi connectivity index (χ2v) is 7.37. The van der Waals surface area contributed by atoms with Crippen LogP contribution in [-0.2, 0) is 19.1 Å². The van der Waals surface area contributed by atoms with Gasteiger partial charge in [-0.1, -0.05) is 20.8 Å². The van der Waals surface area contributed by atoms with E-state index in [0.29, 0.717) is 18.1 Å². The molecule has 1 N–H and O–H groups in total. The molecule has 0 radical (unpaired) electrons. The summed E-state index contributed by atoms with van der Waals surface area (Å²) in [5, 5.41) is 2.60.